The van der Waals surface area contributed by atoms with E-state index in [0.717, 1.165) is 0 Å². The number of anilines is 1. The Bertz CT molecular complexity index is 737. The molecule has 0 aromatic carbocycles. The first-order chi connectivity index (χ1) is 11.6. The standard InChI is InChI=1S/C13H18N6O5/c1-14-13(23)18-11-8-12(16-4-15-11)19(5-17-8)6-3-24-7(2-20)10(22)9(6)21/h4-7,9-10,20-22H,2-3H2,1H3,(H2,14,15,16,18,23). The molecule has 5 N–H and O–H groups in total. The van der Waals surface area contributed by atoms with Crippen molar-refractivity contribution in [2.45, 2.75) is 24.4 Å². The second-order valence-electron chi connectivity index (χ2n) is 5.35. The van der Waals surface area contributed by atoms with Crippen molar-refractivity contribution in [1.82, 2.24) is 24.8 Å². The summed E-state index contributed by atoms with van der Waals surface area (Å²) in [5, 5.41) is 34.4. The average Bonchev–Trinajstić information content (AvgIpc) is 3.02. The van der Waals surface area contributed by atoms with Gasteiger partial charge in [0.1, 0.15) is 24.6 Å². The van der Waals surface area contributed by atoms with Gasteiger partial charge in [-0.3, -0.25) is 5.32 Å². The van der Waals surface area contributed by atoms with Gasteiger partial charge in [0.05, 0.1) is 25.6 Å². The second-order valence-corrected chi connectivity index (χ2v) is 5.35. The molecule has 11 heteroatoms. The molecule has 3 rings (SSSR count). The molecule has 1 aliphatic rings. The first kappa shape index (κ1) is 16.5. The number of fused-ring (bicyclic) bond motifs is 1. The molecule has 2 amide bonds. The van der Waals surface area contributed by atoms with Crippen LogP contribution in [0.25, 0.3) is 11.2 Å². The van der Waals surface area contributed by atoms with E-state index in [1.165, 1.54) is 19.7 Å². The van der Waals surface area contributed by atoms with Crippen LogP contribution < -0.4 is 10.6 Å². The zero-order valence-electron chi connectivity index (χ0n) is 12.8. The Balaban J connectivity index is 1.94. The number of nitrogens with zero attached hydrogens (tertiary/aromatic N) is 4. The summed E-state index contributed by atoms with van der Waals surface area (Å²) in [4.78, 5) is 23.7. The van der Waals surface area contributed by atoms with Crippen LogP contribution in [0.4, 0.5) is 10.6 Å². The number of hydrogen-bond acceptors (Lipinski definition) is 8. The quantitative estimate of drug-likeness (QED) is 0.440. The maximum absolute atomic E-state index is 11.5. The van der Waals surface area contributed by atoms with E-state index in [1.54, 1.807) is 4.57 Å². The van der Waals surface area contributed by atoms with Crippen molar-refractivity contribution < 1.29 is 24.9 Å². The molecule has 1 fully saturated rings. The molecule has 0 aliphatic carbocycles. The van der Waals surface area contributed by atoms with Crippen LogP contribution in [0, 0.1) is 0 Å². The smallest absolute Gasteiger partial charge is 0.320 e. The normalized spacial score (nSPS) is 27.2. The molecule has 0 spiro atoms. The Kier molecular flexibility index (Phi) is 4.57. The van der Waals surface area contributed by atoms with Crippen molar-refractivity contribution in [1.29, 1.82) is 0 Å². The third-order valence-corrected chi connectivity index (χ3v) is 3.96. The number of carbonyl (C=O) groups is 1. The molecule has 4 atom stereocenters. The fraction of sp³-hybridized carbons (Fsp3) is 0.538. The van der Waals surface area contributed by atoms with Gasteiger partial charge in [-0.15, -0.1) is 0 Å². The van der Waals surface area contributed by atoms with Gasteiger partial charge in [0.2, 0.25) is 0 Å². The lowest BCUT2D eigenvalue weighted by atomic mass is 9.98. The number of aliphatic hydroxyl groups is 3. The molecule has 4 unspecified atom stereocenters. The highest BCUT2D eigenvalue weighted by molar-refractivity contribution is 5.95. The highest BCUT2D eigenvalue weighted by Gasteiger charge is 2.39. The Morgan fingerprint density at radius 2 is 2.17 bits per heavy atom. The highest BCUT2D eigenvalue weighted by atomic mass is 16.5. The van der Waals surface area contributed by atoms with Gasteiger partial charge in [-0.2, -0.15) is 0 Å². The van der Waals surface area contributed by atoms with Crippen LogP contribution in [0.1, 0.15) is 6.04 Å². The molecule has 0 bridgehead atoms. The molecule has 2 aromatic heterocycles. The number of carbonyl (C=O) groups excluding carboxylic acids is 1. The van der Waals surface area contributed by atoms with Crippen LogP contribution in [-0.2, 0) is 4.74 Å². The molecular formula is C13H18N6O5. The fourth-order valence-corrected chi connectivity index (χ4v) is 2.63. The minimum Gasteiger partial charge on any atom is -0.394 e. The molecule has 3 heterocycles. The molecule has 0 radical (unpaired) electrons. The van der Waals surface area contributed by atoms with Crippen LogP contribution in [0.3, 0.4) is 0 Å². The number of amides is 2. The molecule has 24 heavy (non-hydrogen) atoms. The number of aliphatic hydroxyl groups excluding tert-OH is 3. The van der Waals surface area contributed by atoms with Crippen molar-refractivity contribution in [2.75, 3.05) is 25.6 Å². The van der Waals surface area contributed by atoms with Crippen molar-refractivity contribution in [3.63, 3.8) is 0 Å². The molecule has 130 valence electrons. The SMILES string of the molecule is CNC(=O)Nc1ncnc2c1ncn2C1COC(CO)C(O)C1O. The molecular weight excluding hydrogens is 320 g/mol. The van der Waals surface area contributed by atoms with Gasteiger partial charge in [-0.05, 0) is 0 Å². The number of imidazole rings is 1. The van der Waals surface area contributed by atoms with E-state index >= 15 is 0 Å². The number of ether oxygens (including phenoxy) is 1. The van der Waals surface area contributed by atoms with E-state index in [4.69, 9.17) is 9.84 Å². The highest BCUT2D eigenvalue weighted by Crippen LogP contribution is 2.28. The summed E-state index contributed by atoms with van der Waals surface area (Å²) in [5.41, 5.74) is 0.714. The first-order valence-electron chi connectivity index (χ1n) is 7.31. The van der Waals surface area contributed by atoms with E-state index in [1.807, 2.05) is 0 Å². The van der Waals surface area contributed by atoms with E-state index in [9.17, 15) is 15.0 Å². The van der Waals surface area contributed by atoms with Crippen molar-refractivity contribution >= 4 is 23.0 Å². The van der Waals surface area contributed by atoms with Crippen LogP contribution in [0.15, 0.2) is 12.7 Å². The van der Waals surface area contributed by atoms with Gasteiger partial charge < -0.3 is 29.9 Å². The minimum absolute atomic E-state index is 0.0666. The van der Waals surface area contributed by atoms with E-state index in [-0.39, 0.29) is 12.4 Å². The predicted octanol–water partition coefficient (Wildman–Crippen LogP) is -1.77. The molecule has 1 saturated heterocycles. The van der Waals surface area contributed by atoms with E-state index in [2.05, 4.69) is 25.6 Å². The van der Waals surface area contributed by atoms with Crippen LogP contribution >= 0.6 is 0 Å². The third-order valence-electron chi connectivity index (χ3n) is 3.96. The molecule has 2 aromatic rings. The van der Waals surface area contributed by atoms with Gasteiger partial charge >= 0.3 is 6.03 Å². The van der Waals surface area contributed by atoms with Gasteiger partial charge in [0, 0.05) is 7.05 Å². The van der Waals surface area contributed by atoms with Crippen molar-refractivity contribution in [2.24, 2.45) is 0 Å². The van der Waals surface area contributed by atoms with E-state index < -0.39 is 37.0 Å². The number of aromatic nitrogens is 4. The number of urea groups is 1. The summed E-state index contributed by atoms with van der Waals surface area (Å²) in [7, 11) is 1.47. The van der Waals surface area contributed by atoms with Crippen LogP contribution in [-0.4, -0.2) is 79.4 Å². The number of rotatable bonds is 3. The lowest BCUT2D eigenvalue weighted by molar-refractivity contribution is -0.169. The van der Waals surface area contributed by atoms with Crippen LogP contribution in [0.2, 0.25) is 0 Å². The van der Waals surface area contributed by atoms with Crippen molar-refractivity contribution in [3.8, 4) is 0 Å². The summed E-state index contributed by atoms with van der Waals surface area (Å²) in [5.74, 6) is 0.220. The van der Waals surface area contributed by atoms with Gasteiger partial charge in [-0.1, -0.05) is 0 Å². The zero-order valence-corrected chi connectivity index (χ0v) is 12.8. The Hall–Kier alpha value is -2.34. The Labute approximate surface area is 136 Å². The fourth-order valence-electron chi connectivity index (χ4n) is 2.63. The third kappa shape index (κ3) is 2.78. The number of nitrogens with one attached hydrogen (secondary N) is 2. The Morgan fingerprint density at radius 1 is 1.38 bits per heavy atom. The lowest BCUT2D eigenvalue weighted by Gasteiger charge is -2.37. The summed E-state index contributed by atoms with van der Waals surface area (Å²) >= 11 is 0. The van der Waals surface area contributed by atoms with Gasteiger partial charge in [-0.25, -0.2) is 19.7 Å². The number of hydrogen-bond donors (Lipinski definition) is 5. The minimum atomic E-state index is -1.24. The van der Waals surface area contributed by atoms with Crippen LogP contribution in [0.5, 0.6) is 0 Å². The predicted molar refractivity (Wildman–Crippen MR) is 81.3 cm³/mol. The average molecular weight is 338 g/mol. The first-order valence-corrected chi connectivity index (χ1v) is 7.31. The van der Waals surface area contributed by atoms with Gasteiger partial charge in [0.25, 0.3) is 0 Å². The Morgan fingerprint density at radius 3 is 2.88 bits per heavy atom. The summed E-state index contributed by atoms with van der Waals surface area (Å²) in [6, 6.07) is -1.10. The van der Waals surface area contributed by atoms with E-state index in [0.29, 0.717) is 11.2 Å². The largest absolute Gasteiger partial charge is 0.394 e. The monoisotopic (exact) mass is 338 g/mol. The molecule has 11 nitrogen and oxygen atoms in total. The lowest BCUT2D eigenvalue weighted by Crippen LogP contribution is -2.51. The summed E-state index contributed by atoms with van der Waals surface area (Å²) < 4.78 is 6.92. The maximum Gasteiger partial charge on any atom is 0.320 e. The van der Waals surface area contributed by atoms with Crippen molar-refractivity contribution in [3.05, 3.63) is 12.7 Å². The van der Waals surface area contributed by atoms with Gasteiger partial charge in [0.15, 0.2) is 17.0 Å². The maximum atomic E-state index is 11.5. The zero-order chi connectivity index (χ0) is 17.3. The summed E-state index contributed by atoms with van der Waals surface area (Å²) in [6.45, 7) is -0.324. The summed E-state index contributed by atoms with van der Waals surface area (Å²) in [6.07, 6.45) is -0.562. The topological polar surface area (TPSA) is 155 Å². The molecule has 1 aliphatic heterocycles. The second kappa shape index (κ2) is 6.65. The molecule has 0 saturated carbocycles.